The molecule has 74 valence electrons. The Labute approximate surface area is 82.7 Å². The molecular formula is C13H22. The smallest absolute Gasteiger partial charge is 0.00579 e. The van der Waals surface area contributed by atoms with Crippen LogP contribution >= 0.6 is 0 Å². The molecular weight excluding hydrogens is 156 g/mol. The summed E-state index contributed by atoms with van der Waals surface area (Å²) < 4.78 is 0. The van der Waals surface area contributed by atoms with Crippen molar-refractivity contribution in [2.75, 3.05) is 0 Å². The Morgan fingerprint density at radius 3 is 2.38 bits per heavy atom. The van der Waals surface area contributed by atoms with Gasteiger partial charge in [0.2, 0.25) is 0 Å². The maximum Gasteiger partial charge on any atom is -0.00579 e. The van der Waals surface area contributed by atoms with Crippen molar-refractivity contribution in [1.29, 1.82) is 0 Å². The monoisotopic (exact) mass is 178 g/mol. The summed E-state index contributed by atoms with van der Waals surface area (Å²) in [6.07, 6.45) is 8.25. The molecule has 13 heavy (non-hydrogen) atoms. The van der Waals surface area contributed by atoms with Crippen molar-refractivity contribution in [3.05, 3.63) is 23.8 Å². The largest absolute Gasteiger partial charge is 0.0776 e. The van der Waals surface area contributed by atoms with Gasteiger partial charge in [-0.25, -0.2) is 0 Å². The highest BCUT2D eigenvalue weighted by Gasteiger charge is 2.30. The summed E-state index contributed by atoms with van der Waals surface area (Å²) in [7, 11) is 0. The fourth-order valence-electron chi connectivity index (χ4n) is 1.98. The minimum atomic E-state index is 0.376. The van der Waals surface area contributed by atoms with E-state index in [1.165, 1.54) is 12.0 Å². The average molecular weight is 178 g/mol. The predicted molar refractivity (Wildman–Crippen MR) is 59.6 cm³/mol. The van der Waals surface area contributed by atoms with Crippen LogP contribution in [0.1, 0.15) is 41.0 Å². The lowest BCUT2D eigenvalue weighted by molar-refractivity contribution is 0.272. The van der Waals surface area contributed by atoms with E-state index in [2.05, 4.69) is 52.8 Å². The average Bonchev–Trinajstić information content (AvgIpc) is 2.50. The molecule has 1 rings (SSSR count). The van der Waals surface area contributed by atoms with Gasteiger partial charge in [0.25, 0.3) is 0 Å². The summed E-state index contributed by atoms with van der Waals surface area (Å²) in [5.41, 5.74) is 1.92. The summed E-state index contributed by atoms with van der Waals surface area (Å²) in [4.78, 5) is 0. The van der Waals surface area contributed by atoms with E-state index in [9.17, 15) is 0 Å². The lowest BCUT2D eigenvalue weighted by atomic mass is 9.71. The van der Waals surface area contributed by atoms with E-state index in [0.29, 0.717) is 11.3 Å². The quantitative estimate of drug-likeness (QED) is 0.608. The molecule has 0 heterocycles. The first-order valence-electron chi connectivity index (χ1n) is 5.41. The van der Waals surface area contributed by atoms with Crippen LogP contribution in [0.5, 0.6) is 0 Å². The van der Waals surface area contributed by atoms with Crippen LogP contribution in [0.15, 0.2) is 23.8 Å². The lowest BCUT2D eigenvalue weighted by Crippen LogP contribution is -2.23. The molecule has 0 radical (unpaired) electrons. The number of hydrogen-bond donors (Lipinski definition) is 0. The number of allylic oxidation sites excluding steroid dienone is 4. The van der Waals surface area contributed by atoms with Crippen LogP contribution in [-0.4, -0.2) is 0 Å². The van der Waals surface area contributed by atoms with Gasteiger partial charge in [0.05, 0.1) is 0 Å². The number of rotatable bonds is 3. The fourth-order valence-corrected chi connectivity index (χ4v) is 1.98. The zero-order chi connectivity index (χ0) is 10.1. The zero-order valence-electron chi connectivity index (χ0n) is 9.59. The molecule has 0 aromatic rings. The van der Waals surface area contributed by atoms with E-state index in [0.717, 1.165) is 5.92 Å². The summed E-state index contributed by atoms with van der Waals surface area (Å²) in [5, 5.41) is 0. The molecule has 0 amide bonds. The van der Waals surface area contributed by atoms with Gasteiger partial charge in [-0.05, 0) is 29.2 Å². The SMILES string of the molecule is CCC(C)(C1=CC(C)C=C1)C(C)C. The van der Waals surface area contributed by atoms with Crippen molar-refractivity contribution in [1.82, 2.24) is 0 Å². The molecule has 1 aliphatic carbocycles. The van der Waals surface area contributed by atoms with Crippen molar-refractivity contribution in [2.45, 2.75) is 41.0 Å². The van der Waals surface area contributed by atoms with E-state index in [1.54, 1.807) is 0 Å². The van der Waals surface area contributed by atoms with Gasteiger partial charge >= 0.3 is 0 Å². The third kappa shape index (κ3) is 1.87. The summed E-state index contributed by atoms with van der Waals surface area (Å²) in [6.45, 7) is 11.6. The van der Waals surface area contributed by atoms with Crippen molar-refractivity contribution < 1.29 is 0 Å². The van der Waals surface area contributed by atoms with E-state index in [4.69, 9.17) is 0 Å². The normalized spacial score (nSPS) is 26.3. The van der Waals surface area contributed by atoms with Crippen LogP contribution in [-0.2, 0) is 0 Å². The van der Waals surface area contributed by atoms with Crippen LogP contribution in [0.3, 0.4) is 0 Å². The molecule has 0 aliphatic heterocycles. The topological polar surface area (TPSA) is 0 Å². The maximum absolute atomic E-state index is 2.41. The Hall–Kier alpha value is -0.520. The molecule has 0 spiro atoms. The molecule has 1 aliphatic rings. The molecule has 0 aromatic carbocycles. The second-order valence-electron chi connectivity index (χ2n) is 4.77. The molecule has 0 saturated heterocycles. The highest BCUT2D eigenvalue weighted by molar-refractivity contribution is 5.34. The Balaban J connectivity index is 2.91. The molecule has 2 atom stereocenters. The van der Waals surface area contributed by atoms with Gasteiger partial charge in [-0.1, -0.05) is 52.8 Å². The summed E-state index contributed by atoms with van der Waals surface area (Å²) in [6, 6.07) is 0. The second kappa shape index (κ2) is 3.69. The third-order valence-corrected chi connectivity index (χ3v) is 3.69. The van der Waals surface area contributed by atoms with Crippen molar-refractivity contribution in [3.8, 4) is 0 Å². The highest BCUT2D eigenvalue weighted by Crippen LogP contribution is 2.41. The number of hydrogen-bond acceptors (Lipinski definition) is 0. The molecule has 0 N–H and O–H groups in total. The Kier molecular flexibility index (Phi) is 3.00. The first-order chi connectivity index (χ1) is 6.00. The van der Waals surface area contributed by atoms with E-state index in [1.807, 2.05) is 0 Å². The Morgan fingerprint density at radius 1 is 1.46 bits per heavy atom. The van der Waals surface area contributed by atoms with Crippen LogP contribution < -0.4 is 0 Å². The van der Waals surface area contributed by atoms with Gasteiger partial charge in [-0.3, -0.25) is 0 Å². The van der Waals surface area contributed by atoms with Gasteiger partial charge in [0.15, 0.2) is 0 Å². The minimum absolute atomic E-state index is 0.376. The van der Waals surface area contributed by atoms with E-state index in [-0.39, 0.29) is 0 Å². The second-order valence-corrected chi connectivity index (χ2v) is 4.77. The first-order valence-corrected chi connectivity index (χ1v) is 5.41. The molecule has 0 bridgehead atoms. The minimum Gasteiger partial charge on any atom is -0.0776 e. The Bertz CT molecular complexity index is 232. The van der Waals surface area contributed by atoms with Crippen molar-refractivity contribution >= 4 is 0 Å². The standard InChI is InChI=1S/C13H22/c1-6-13(5,10(2)3)12-8-7-11(4)9-12/h7-11H,6H2,1-5H3. The van der Waals surface area contributed by atoms with Crippen LogP contribution in [0.2, 0.25) is 0 Å². The molecule has 0 nitrogen and oxygen atoms in total. The van der Waals surface area contributed by atoms with Crippen LogP contribution in [0.25, 0.3) is 0 Å². The molecule has 2 unspecified atom stereocenters. The lowest BCUT2D eigenvalue weighted by Gasteiger charge is -2.33. The van der Waals surface area contributed by atoms with Crippen molar-refractivity contribution in [3.63, 3.8) is 0 Å². The van der Waals surface area contributed by atoms with Gasteiger partial charge in [-0.2, -0.15) is 0 Å². The highest BCUT2D eigenvalue weighted by atomic mass is 14.3. The molecule has 0 saturated carbocycles. The first kappa shape index (κ1) is 10.6. The van der Waals surface area contributed by atoms with Gasteiger partial charge in [0.1, 0.15) is 0 Å². The van der Waals surface area contributed by atoms with E-state index < -0.39 is 0 Å². The Morgan fingerprint density at radius 2 is 2.08 bits per heavy atom. The molecule has 0 fully saturated rings. The van der Waals surface area contributed by atoms with Crippen LogP contribution in [0, 0.1) is 17.3 Å². The molecule has 0 heteroatoms. The summed E-state index contributed by atoms with van der Waals surface area (Å²) in [5.74, 6) is 1.36. The van der Waals surface area contributed by atoms with Crippen LogP contribution in [0.4, 0.5) is 0 Å². The summed E-state index contributed by atoms with van der Waals surface area (Å²) >= 11 is 0. The van der Waals surface area contributed by atoms with Gasteiger partial charge in [-0.15, -0.1) is 0 Å². The zero-order valence-corrected chi connectivity index (χ0v) is 9.59. The van der Waals surface area contributed by atoms with Crippen molar-refractivity contribution in [2.24, 2.45) is 17.3 Å². The third-order valence-electron chi connectivity index (χ3n) is 3.69. The van der Waals surface area contributed by atoms with E-state index >= 15 is 0 Å². The predicted octanol–water partition coefficient (Wildman–Crippen LogP) is 4.19. The maximum atomic E-state index is 2.41. The molecule has 0 aromatic heterocycles. The van der Waals surface area contributed by atoms with Gasteiger partial charge in [0, 0.05) is 0 Å². The fraction of sp³-hybridized carbons (Fsp3) is 0.692. The van der Waals surface area contributed by atoms with Gasteiger partial charge < -0.3 is 0 Å².